The first kappa shape index (κ1) is 34.1. The molecule has 1 heterocycles. The van der Waals surface area contributed by atoms with E-state index in [0.717, 1.165) is 21.9 Å². The van der Waals surface area contributed by atoms with E-state index in [9.17, 15) is 24.3 Å². The highest BCUT2D eigenvalue weighted by molar-refractivity contribution is 5.99. The third-order valence-electron chi connectivity index (χ3n) is 8.42. The fourth-order valence-corrected chi connectivity index (χ4v) is 5.79. The van der Waals surface area contributed by atoms with Crippen LogP contribution in [0.5, 0.6) is 0 Å². The van der Waals surface area contributed by atoms with Crippen molar-refractivity contribution < 1.29 is 29.0 Å². The number of hydrogen-bond acceptors (Lipinski definition) is 6. The zero-order valence-corrected chi connectivity index (χ0v) is 26.7. The largest absolute Gasteiger partial charge is 0.463 e. The van der Waals surface area contributed by atoms with Crippen molar-refractivity contribution in [2.24, 2.45) is 11.8 Å². The molecule has 1 aliphatic heterocycles. The Balaban J connectivity index is 1.33. The van der Waals surface area contributed by atoms with Crippen LogP contribution in [0.1, 0.15) is 30.4 Å². The number of benzene rings is 4. The number of aliphatic hydroxyl groups excluding tert-OH is 1. The Labute approximate surface area is 280 Å². The summed E-state index contributed by atoms with van der Waals surface area (Å²) in [7, 11) is 0. The monoisotopic (exact) mass is 647 g/mol. The zero-order chi connectivity index (χ0) is 33.7. The Hall–Kier alpha value is -5.28. The van der Waals surface area contributed by atoms with Crippen LogP contribution in [0.3, 0.4) is 0 Å². The fraction of sp³-hybridized carbons (Fsp3) is 0.282. The first-order valence-corrected chi connectivity index (χ1v) is 16.3. The highest BCUT2D eigenvalue weighted by Gasteiger charge is 2.30. The molecule has 0 radical (unpaired) electrons. The summed E-state index contributed by atoms with van der Waals surface area (Å²) >= 11 is 0. The summed E-state index contributed by atoms with van der Waals surface area (Å²) in [4.78, 5) is 53.7. The Kier molecular flexibility index (Phi) is 12.1. The fourth-order valence-electron chi connectivity index (χ4n) is 5.79. The molecule has 4 aromatic carbocycles. The van der Waals surface area contributed by atoms with Crippen LogP contribution < -0.4 is 16.0 Å². The third-order valence-corrected chi connectivity index (χ3v) is 8.42. The molecule has 9 nitrogen and oxygen atoms in total. The Morgan fingerprint density at radius 3 is 2.17 bits per heavy atom. The number of cyclic esters (lactones) is 1. The third kappa shape index (κ3) is 9.86. The minimum absolute atomic E-state index is 0.159. The molecule has 0 bridgehead atoms. The molecular formula is C39H41N3O6. The standard InChI is InChI=1S/C39H41N3O6/c43-25-34(22-28-13-5-2-6-14-28)40-36(44)24-31-17-9-10-18-32(21-27-11-3-1-4-12-27)39(47)48-26-35(42-37(31)45)38(46)41-33-20-19-29-15-7-8-16-30(29)23-33/h1-16,19-20,23,31-32,34-35,43H,17-18,21-22,24-26H2,(H,40,44)(H,41,46)(H,42,45). The van der Waals surface area contributed by atoms with E-state index in [1.807, 2.05) is 103 Å². The van der Waals surface area contributed by atoms with E-state index in [2.05, 4.69) is 16.0 Å². The van der Waals surface area contributed by atoms with Gasteiger partial charge in [-0.2, -0.15) is 0 Å². The molecule has 0 fully saturated rings. The Bertz CT molecular complexity index is 1730. The Morgan fingerprint density at radius 1 is 0.812 bits per heavy atom. The van der Waals surface area contributed by atoms with E-state index in [1.54, 1.807) is 12.1 Å². The lowest BCUT2D eigenvalue weighted by Gasteiger charge is -2.24. The lowest BCUT2D eigenvalue weighted by atomic mass is 9.94. The first-order valence-electron chi connectivity index (χ1n) is 16.3. The normalized spacial score (nSPS) is 19.2. The van der Waals surface area contributed by atoms with E-state index >= 15 is 0 Å². The van der Waals surface area contributed by atoms with Gasteiger partial charge in [0.15, 0.2) is 0 Å². The second kappa shape index (κ2) is 17.0. The molecule has 5 rings (SSSR count). The number of esters is 1. The Morgan fingerprint density at radius 2 is 1.46 bits per heavy atom. The minimum atomic E-state index is -1.21. The lowest BCUT2D eigenvalue weighted by molar-refractivity contribution is -0.150. The van der Waals surface area contributed by atoms with Crippen molar-refractivity contribution in [1.29, 1.82) is 0 Å². The van der Waals surface area contributed by atoms with Crippen LogP contribution in [0, 0.1) is 11.8 Å². The molecule has 48 heavy (non-hydrogen) atoms. The van der Waals surface area contributed by atoms with Crippen molar-refractivity contribution in [3.8, 4) is 0 Å². The van der Waals surface area contributed by atoms with Gasteiger partial charge in [0.2, 0.25) is 11.8 Å². The minimum Gasteiger partial charge on any atom is -0.463 e. The molecule has 0 saturated carbocycles. The van der Waals surface area contributed by atoms with Crippen molar-refractivity contribution >= 4 is 40.2 Å². The maximum atomic E-state index is 13.6. The van der Waals surface area contributed by atoms with E-state index < -0.39 is 47.6 Å². The summed E-state index contributed by atoms with van der Waals surface area (Å²) in [6.07, 6.45) is 4.94. The molecule has 0 aromatic heterocycles. The van der Waals surface area contributed by atoms with Crippen LogP contribution in [0.25, 0.3) is 10.8 Å². The number of nitrogens with one attached hydrogen (secondary N) is 3. The summed E-state index contributed by atoms with van der Waals surface area (Å²) < 4.78 is 5.67. The van der Waals surface area contributed by atoms with Gasteiger partial charge in [-0.1, -0.05) is 103 Å². The topological polar surface area (TPSA) is 134 Å². The van der Waals surface area contributed by atoms with Crippen LogP contribution in [0.2, 0.25) is 0 Å². The smallest absolute Gasteiger partial charge is 0.309 e. The van der Waals surface area contributed by atoms with Crippen LogP contribution in [-0.2, 0) is 36.8 Å². The molecule has 3 amide bonds. The van der Waals surface area contributed by atoms with Gasteiger partial charge in [-0.3, -0.25) is 19.2 Å². The van der Waals surface area contributed by atoms with Gasteiger partial charge in [0.1, 0.15) is 12.6 Å². The maximum Gasteiger partial charge on any atom is 0.309 e. The molecule has 0 saturated heterocycles. The lowest BCUT2D eigenvalue weighted by Crippen LogP contribution is -2.50. The van der Waals surface area contributed by atoms with Gasteiger partial charge in [0.25, 0.3) is 5.91 Å². The molecule has 248 valence electrons. The number of anilines is 1. The quantitative estimate of drug-likeness (QED) is 0.145. The second-order valence-electron chi connectivity index (χ2n) is 12.1. The van der Waals surface area contributed by atoms with Crippen molar-refractivity contribution in [2.75, 3.05) is 18.5 Å². The molecule has 4 N–H and O–H groups in total. The predicted octanol–water partition coefficient (Wildman–Crippen LogP) is 4.74. The molecule has 4 unspecified atom stereocenters. The second-order valence-corrected chi connectivity index (χ2v) is 12.1. The molecule has 4 aromatic rings. The number of allylic oxidation sites excluding steroid dienone is 2. The number of carbonyl (C=O) groups excluding carboxylic acids is 4. The molecule has 0 spiro atoms. The van der Waals surface area contributed by atoms with Crippen LogP contribution in [0.15, 0.2) is 115 Å². The van der Waals surface area contributed by atoms with E-state index in [-0.39, 0.29) is 26.1 Å². The van der Waals surface area contributed by atoms with Crippen LogP contribution >= 0.6 is 0 Å². The van der Waals surface area contributed by atoms with E-state index in [4.69, 9.17) is 4.74 Å². The van der Waals surface area contributed by atoms with Crippen molar-refractivity contribution in [3.63, 3.8) is 0 Å². The molecular weight excluding hydrogens is 606 g/mol. The summed E-state index contributed by atoms with van der Waals surface area (Å²) in [5, 5.41) is 20.3. The van der Waals surface area contributed by atoms with Crippen molar-refractivity contribution in [2.45, 2.75) is 44.2 Å². The summed E-state index contributed by atoms with van der Waals surface area (Å²) in [5.41, 5.74) is 2.46. The average molecular weight is 648 g/mol. The maximum absolute atomic E-state index is 13.6. The summed E-state index contributed by atoms with van der Waals surface area (Å²) in [6.45, 7) is -0.635. The summed E-state index contributed by atoms with van der Waals surface area (Å²) in [5.74, 6) is -3.24. The number of fused-ring (bicyclic) bond motifs is 1. The van der Waals surface area contributed by atoms with Gasteiger partial charge in [0, 0.05) is 12.1 Å². The number of amides is 3. The first-order chi connectivity index (χ1) is 23.4. The molecule has 1 aliphatic rings. The van der Waals surface area contributed by atoms with Gasteiger partial charge in [-0.15, -0.1) is 0 Å². The number of carbonyl (C=O) groups is 4. The summed E-state index contributed by atoms with van der Waals surface area (Å²) in [6, 6.07) is 30.6. The zero-order valence-electron chi connectivity index (χ0n) is 26.7. The van der Waals surface area contributed by atoms with Crippen LogP contribution in [-0.4, -0.2) is 54.1 Å². The molecule has 9 heteroatoms. The van der Waals surface area contributed by atoms with Crippen LogP contribution in [0.4, 0.5) is 5.69 Å². The molecule has 0 aliphatic carbocycles. The van der Waals surface area contributed by atoms with E-state index in [1.165, 1.54) is 0 Å². The van der Waals surface area contributed by atoms with Gasteiger partial charge >= 0.3 is 5.97 Å². The number of ether oxygens (including phenoxy) is 1. The highest BCUT2D eigenvalue weighted by Crippen LogP contribution is 2.21. The van der Waals surface area contributed by atoms with Gasteiger partial charge in [-0.05, 0) is 59.7 Å². The highest BCUT2D eigenvalue weighted by atomic mass is 16.5. The van der Waals surface area contributed by atoms with Crippen molar-refractivity contribution in [3.05, 3.63) is 126 Å². The average Bonchev–Trinajstić information content (AvgIpc) is 3.10. The molecule has 4 atom stereocenters. The van der Waals surface area contributed by atoms with Gasteiger partial charge in [-0.25, -0.2) is 0 Å². The SMILES string of the molecule is O=C(CC1CC=CCC(Cc2ccccc2)C(=O)OCC(C(=O)Nc2ccc3ccccc3c2)NC1=O)NC(CO)Cc1ccccc1. The number of aliphatic hydroxyl groups is 1. The van der Waals surface area contributed by atoms with E-state index in [0.29, 0.717) is 24.9 Å². The van der Waals surface area contributed by atoms with Gasteiger partial charge in [0.05, 0.1) is 24.5 Å². The predicted molar refractivity (Wildman–Crippen MR) is 185 cm³/mol. The van der Waals surface area contributed by atoms with Gasteiger partial charge < -0.3 is 25.8 Å². The van der Waals surface area contributed by atoms with Crippen molar-refractivity contribution in [1.82, 2.24) is 10.6 Å². The number of rotatable bonds is 10. The number of hydrogen-bond donors (Lipinski definition) is 4.